The quantitative estimate of drug-likeness (QED) is 0.428. The zero-order chi connectivity index (χ0) is 21.3. The molecule has 4 rings (SSSR count). The number of ether oxygens (including phenoxy) is 3. The minimum Gasteiger partial charge on any atom is -0.458 e. The largest absolute Gasteiger partial charge is 0.458 e. The van der Waals surface area contributed by atoms with Crippen LogP contribution in [0.15, 0.2) is 48.7 Å². The van der Waals surface area contributed by atoms with Gasteiger partial charge in [0.25, 0.3) is 0 Å². The summed E-state index contributed by atoms with van der Waals surface area (Å²) in [6, 6.07) is 13.7. The van der Waals surface area contributed by atoms with E-state index in [2.05, 4.69) is 9.97 Å². The SMILES string of the molecule is COCc1c(C(=O)OC(C)C)ncc2[nH]c3ccc(Oc4cccc(C)c4)cc3c12. The van der Waals surface area contributed by atoms with Crippen LogP contribution >= 0.6 is 0 Å². The number of rotatable bonds is 6. The number of pyridine rings is 1. The number of aromatic amines is 1. The van der Waals surface area contributed by atoms with Gasteiger partial charge >= 0.3 is 5.97 Å². The van der Waals surface area contributed by atoms with Crippen LogP contribution < -0.4 is 4.74 Å². The second kappa shape index (κ2) is 8.16. The third kappa shape index (κ3) is 3.86. The normalized spacial score (nSPS) is 11.4. The molecule has 0 unspecified atom stereocenters. The van der Waals surface area contributed by atoms with E-state index in [1.54, 1.807) is 13.3 Å². The van der Waals surface area contributed by atoms with Crippen molar-refractivity contribution in [3.63, 3.8) is 0 Å². The fraction of sp³-hybridized carbons (Fsp3) is 0.250. The van der Waals surface area contributed by atoms with Crippen LogP contribution in [0.25, 0.3) is 21.8 Å². The Balaban J connectivity index is 1.85. The Labute approximate surface area is 174 Å². The lowest BCUT2D eigenvalue weighted by molar-refractivity contribution is 0.0366. The highest BCUT2D eigenvalue weighted by molar-refractivity contribution is 6.11. The van der Waals surface area contributed by atoms with Crippen LogP contribution in [0.2, 0.25) is 0 Å². The van der Waals surface area contributed by atoms with Crippen molar-refractivity contribution in [2.45, 2.75) is 33.5 Å². The number of hydrogen-bond donors (Lipinski definition) is 1. The summed E-state index contributed by atoms with van der Waals surface area (Å²) in [5.41, 5.74) is 3.84. The van der Waals surface area contributed by atoms with Gasteiger partial charge in [-0.2, -0.15) is 0 Å². The van der Waals surface area contributed by atoms with Gasteiger partial charge in [-0.3, -0.25) is 0 Å². The predicted octanol–water partition coefficient (Wildman–Crippen LogP) is 5.53. The lowest BCUT2D eigenvalue weighted by Crippen LogP contribution is -2.15. The second-order valence-electron chi connectivity index (χ2n) is 7.51. The molecule has 0 aliphatic heterocycles. The number of nitrogens with one attached hydrogen (secondary N) is 1. The molecule has 2 aromatic heterocycles. The Bertz CT molecular complexity index is 1230. The Morgan fingerprint density at radius 2 is 1.90 bits per heavy atom. The van der Waals surface area contributed by atoms with Gasteiger partial charge in [-0.1, -0.05) is 12.1 Å². The maximum atomic E-state index is 12.6. The molecule has 0 atom stereocenters. The summed E-state index contributed by atoms with van der Waals surface area (Å²) in [5, 5.41) is 1.82. The van der Waals surface area contributed by atoms with Crippen molar-refractivity contribution in [3.8, 4) is 11.5 Å². The lowest BCUT2D eigenvalue weighted by Gasteiger charge is -2.12. The minimum atomic E-state index is -0.458. The van der Waals surface area contributed by atoms with Crippen LogP contribution in [0.5, 0.6) is 11.5 Å². The molecule has 4 aromatic rings. The average molecular weight is 404 g/mol. The van der Waals surface area contributed by atoms with Crippen molar-refractivity contribution in [2.75, 3.05) is 7.11 Å². The first-order chi connectivity index (χ1) is 14.5. The van der Waals surface area contributed by atoms with Crippen molar-refractivity contribution < 1.29 is 19.0 Å². The molecule has 0 spiro atoms. The van der Waals surface area contributed by atoms with E-state index in [-0.39, 0.29) is 18.4 Å². The number of carbonyl (C=O) groups excluding carboxylic acids is 1. The van der Waals surface area contributed by atoms with E-state index in [0.717, 1.165) is 33.1 Å². The number of methoxy groups -OCH3 is 1. The van der Waals surface area contributed by atoms with Crippen molar-refractivity contribution in [1.82, 2.24) is 9.97 Å². The van der Waals surface area contributed by atoms with E-state index in [1.165, 1.54) is 0 Å². The third-order valence-corrected chi connectivity index (χ3v) is 4.76. The van der Waals surface area contributed by atoms with Crippen LogP contribution in [0.1, 0.15) is 35.5 Å². The molecule has 0 aliphatic rings. The Morgan fingerprint density at radius 3 is 2.63 bits per heavy atom. The average Bonchev–Trinajstić information content (AvgIpc) is 3.06. The summed E-state index contributed by atoms with van der Waals surface area (Å²) in [6.07, 6.45) is 1.43. The van der Waals surface area contributed by atoms with Crippen molar-refractivity contribution in [1.29, 1.82) is 0 Å². The van der Waals surface area contributed by atoms with E-state index >= 15 is 0 Å². The Hall–Kier alpha value is -3.38. The molecule has 0 bridgehead atoms. The molecule has 0 radical (unpaired) electrons. The van der Waals surface area contributed by atoms with Gasteiger partial charge in [0.2, 0.25) is 0 Å². The number of carbonyl (C=O) groups is 1. The summed E-state index contributed by atoms with van der Waals surface area (Å²) in [7, 11) is 1.59. The van der Waals surface area contributed by atoms with E-state index in [1.807, 2.05) is 63.2 Å². The molecule has 1 N–H and O–H groups in total. The number of esters is 1. The summed E-state index contributed by atoms with van der Waals surface area (Å²) < 4.78 is 16.8. The van der Waals surface area contributed by atoms with Crippen LogP contribution in [-0.2, 0) is 16.1 Å². The first kappa shape index (κ1) is 19.9. The van der Waals surface area contributed by atoms with Crippen LogP contribution in [0, 0.1) is 6.92 Å². The van der Waals surface area contributed by atoms with Gasteiger partial charge in [0.1, 0.15) is 11.5 Å². The Kier molecular flexibility index (Phi) is 5.42. The number of benzene rings is 2. The Morgan fingerprint density at radius 1 is 1.10 bits per heavy atom. The van der Waals surface area contributed by atoms with E-state index in [9.17, 15) is 4.79 Å². The van der Waals surface area contributed by atoms with Gasteiger partial charge in [-0.15, -0.1) is 0 Å². The molecule has 0 fully saturated rings. The highest BCUT2D eigenvalue weighted by Gasteiger charge is 2.21. The maximum Gasteiger partial charge on any atom is 0.357 e. The minimum absolute atomic E-state index is 0.234. The topological polar surface area (TPSA) is 73.4 Å². The molecule has 0 saturated heterocycles. The second-order valence-corrected chi connectivity index (χ2v) is 7.51. The molecule has 0 saturated carbocycles. The lowest BCUT2D eigenvalue weighted by atomic mass is 10.1. The first-order valence-corrected chi connectivity index (χ1v) is 9.84. The maximum absolute atomic E-state index is 12.6. The molecular weight excluding hydrogens is 380 g/mol. The highest BCUT2D eigenvalue weighted by atomic mass is 16.5. The summed E-state index contributed by atoms with van der Waals surface area (Å²) in [6.45, 7) is 5.89. The third-order valence-electron chi connectivity index (χ3n) is 4.76. The van der Waals surface area contributed by atoms with E-state index < -0.39 is 5.97 Å². The van der Waals surface area contributed by atoms with Crippen molar-refractivity contribution >= 4 is 27.8 Å². The number of nitrogens with zero attached hydrogens (tertiary/aromatic N) is 1. The zero-order valence-corrected chi connectivity index (χ0v) is 17.5. The van der Waals surface area contributed by atoms with Crippen molar-refractivity contribution in [3.05, 3.63) is 65.5 Å². The number of H-pyrrole nitrogens is 1. The molecule has 0 aliphatic carbocycles. The zero-order valence-electron chi connectivity index (χ0n) is 17.5. The molecule has 2 aromatic carbocycles. The highest BCUT2D eigenvalue weighted by Crippen LogP contribution is 2.34. The molecule has 30 heavy (non-hydrogen) atoms. The van der Waals surface area contributed by atoms with Crippen LogP contribution in [0.3, 0.4) is 0 Å². The van der Waals surface area contributed by atoms with Gasteiger partial charge in [0, 0.05) is 29.0 Å². The summed E-state index contributed by atoms with van der Waals surface area (Å²) in [5.74, 6) is 1.02. The first-order valence-electron chi connectivity index (χ1n) is 9.84. The monoisotopic (exact) mass is 404 g/mol. The number of aromatic nitrogens is 2. The standard InChI is InChI=1S/C24H24N2O4/c1-14(2)29-24(27)23-19(13-28-4)22-18-11-17(30-16-7-5-6-15(3)10-16)8-9-20(18)26-21(22)12-25-23/h5-12,14,26H,13H2,1-4H3. The molecule has 6 nitrogen and oxygen atoms in total. The van der Waals surface area contributed by atoms with Gasteiger partial charge in [0.15, 0.2) is 5.69 Å². The van der Waals surface area contributed by atoms with Gasteiger partial charge < -0.3 is 19.2 Å². The fourth-order valence-corrected chi connectivity index (χ4v) is 3.55. The van der Waals surface area contributed by atoms with Gasteiger partial charge in [-0.25, -0.2) is 9.78 Å². The molecule has 154 valence electrons. The summed E-state index contributed by atoms with van der Waals surface area (Å²) in [4.78, 5) is 20.3. The van der Waals surface area contributed by atoms with Crippen molar-refractivity contribution in [2.24, 2.45) is 0 Å². The molecule has 2 heterocycles. The molecule has 0 amide bonds. The van der Waals surface area contributed by atoms with Crippen LogP contribution in [-0.4, -0.2) is 29.2 Å². The molecule has 6 heteroatoms. The van der Waals surface area contributed by atoms with E-state index in [0.29, 0.717) is 11.3 Å². The van der Waals surface area contributed by atoms with Gasteiger partial charge in [-0.05, 0) is 56.7 Å². The number of hydrogen-bond acceptors (Lipinski definition) is 5. The number of fused-ring (bicyclic) bond motifs is 3. The van der Waals surface area contributed by atoms with Gasteiger partial charge in [0.05, 0.1) is 24.4 Å². The smallest absolute Gasteiger partial charge is 0.357 e. The number of aryl methyl sites for hydroxylation is 1. The predicted molar refractivity (Wildman–Crippen MR) is 116 cm³/mol. The van der Waals surface area contributed by atoms with E-state index in [4.69, 9.17) is 14.2 Å². The fourth-order valence-electron chi connectivity index (χ4n) is 3.55. The van der Waals surface area contributed by atoms with Crippen LogP contribution in [0.4, 0.5) is 0 Å². The molecular formula is C24H24N2O4. The summed E-state index contributed by atoms with van der Waals surface area (Å²) >= 11 is 0.